The number of rotatable bonds is 1. The van der Waals surface area contributed by atoms with Crippen molar-refractivity contribution in [1.29, 1.82) is 0 Å². The quantitative estimate of drug-likeness (QED) is 0.590. The number of nitrogens with one attached hydrogen (secondary N) is 1. The molecule has 0 aliphatic carbocycles. The first kappa shape index (κ1) is 8.53. The number of nitrogens with zero attached hydrogens (tertiary/aromatic N) is 1. The fourth-order valence-electron chi connectivity index (χ4n) is 1.22. The molecular weight excluding hydrogens is 138 g/mol. The summed E-state index contributed by atoms with van der Waals surface area (Å²) in [6.07, 6.45) is 3.41. The van der Waals surface area contributed by atoms with E-state index in [0.29, 0.717) is 6.54 Å². The van der Waals surface area contributed by atoms with Crippen LogP contribution in [0, 0.1) is 0 Å². The number of nitrogens with two attached hydrogens (primary N) is 1. The van der Waals surface area contributed by atoms with Crippen molar-refractivity contribution in [3.63, 3.8) is 0 Å². The van der Waals surface area contributed by atoms with Crippen LogP contribution in [0.2, 0.25) is 0 Å². The van der Waals surface area contributed by atoms with Crippen molar-refractivity contribution in [3.05, 3.63) is 0 Å². The highest BCUT2D eigenvalue weighted by Crippen LogP contribution is 2.15. The van der Waals surface area contributed by atoms with Crippen molar-refractivity contribution in [1.82, 2.24) is 5.43 Å². The van der Waals surface area contributed by atoms with Gasteiger partial charge >= 0.3 is 0 Å². The van der Waals surface area contributed by atoms with Gasteiger partial charge in [-0.1, -0.05) is 0 Å². The van der Waals surface area contributed by atoms with Gasteiger partial charge in [0.2, 0.25) is 0 Å². The maximum absolute atomic E-state index is 5.49. The lowest BCUT2D eigenvalue weighted by molar-refractivity contribution is 0.375. The summed E-state index contributed by atoms with van der Waals surface area (Å²) in [5, 5.41) is 4.24. The molecule has 0 unspecified atom stereocenters. The van der Waals surface area contributed by atoms with E-state index in [1.165, 1.54) is 12.8 Å². The van der Waals surface area contributed by atoms with Gasteiger partial charge in [0.15, 0.2) is 0 Å². The van der Waals surface area contributed by atoms with Crippen LogP contribution >= 0.6 is 0 Å². The second kappa shape index (κ2) is 3.22. The largest absolute Gasteiger partial charge is 0.325 e. The molecule has 3 N–H and O–H groups in total. The zero-order chi connectivity index (χ0) is 8.32. The van der Waals surface area contributed by atoms with Gasteiger partial charge in [-0.05, 0) is 33.1 Å². The molecule has 64 valence electrons. The lowest BCUT2D eigenvalue weighted by atomic mass is 9.98. The Morgan fingerprint density at radius 1 is 1.64 bits per heavy atom. The third kappa shape index (κ3) is 2.50. The number of hydrogen-bond acceptors (Lipinski definition) is 3. The molecular formula is C8H17N3. The molecule has 1 aliphatic heterocycles. The van der Waals surface area contributed by atoms with E-state index in [-0.39, 0.29) is 5.54 Å². The van der Waals surface area contributed by atoms with Crippen molar-refractivity contribution >= 4 is 5.71 Å². The second-order valence-corrected chi connectivity index (χ2v) is 3.73. The van der Waals surface area contributed by atoms with Gasteiger partial charge in [-0.3, -0.25) is 0 Å². The smallest absolute Gasteiger partial charge is 0.0514 e. The van der Waals surface area contributed by atoms with Crippen molar-refractivity contribution in [2.24, 2.45) is 10.8 Å². The van der Waals surface area contributed by atoms with Crippen LogP contribution in [0.1, 0.15) is 33.1 Å². The lowest BCUT2D eigenvalue weighted by Gasteiger charge is -2.21. The zero-order valence-corrected chi connectivity index (χ0v) is 7.35. The third-order valence-electron chi connectivity index (χ3n) is 2.02. The van der Waals surface area contributed by atoms with Crippen LogP contribution in [0.3, 0.4) is 0 Å². The molecule has 0 amide bonds. The Balaban J connectivity index is 2.56. The van der Waals surface area contributed by atoms with Crippen molar-refractivity contribution < 1.29 is 0 Å². The van der Waals surface area contributed by atoms with Crippen molar-refractivity contribution in [3.8, 4) is 0 Å². The summed E-state index contributed by atoms with van der Waals surface area (Å²) in [6, 6.07) is 0. The molecule has 0 saturated carbocycles. The normalized spacial score (nSPS) is 23.4. The standard InChI is InChI=1S/C8H17N3/c1-8(2)5-3-4-7(6-9)10-11-8/h11H,3-6,9H2,1-2H3. The van der Waals surface area contributed by atoms with E-state index in [9.17, 15) is 0 Å². The van der Waals surface area contributed by atoms with E-state index in [2.05, 4.69) is 24.4 Å². The molecule has 0 fully saturated rings. The predicted molar refractivity (Wildman–Crippen MR) is 47.6 cm³/mol. The monoisotopic (exact) mass is 155 g/mol. The van der Waals surface area contributed by atoms with E-state index in [1.807, 2.05) is 0 Å². The molecule has 1 aliphatic rings. The Kier molecular flexibility index (Phi) is 2.49. The molecule has 0 aromatic rings. The van der Waals surface area contributed by atoms with E-state index >= 15 is 0 Å². The SMILES string of the molecule is CC1(C)CCCC(CN)=NN1. The predicted octanol–water partition coefficient (Wildman–Crippen LogP) is 0.853. The van der Waals surface area contributed by atoms with Crippen LogP contribution in [0.15, 0.2) is 5.10 Å². The van der Waals surface area contributed by atoms with E-state index in [1.54, 1.807) is 0 Å². The molecule has 3 heteroatoms. The highest BCUT2D eigenvalue weighted by Gasteiger charge is 2.18. The van der Waals surface area contributed by atoms with E-state index < -0.39 is 0 Å². The highest BCUT2D eigenvalue weighted by molar-refractivity contribution is 5.86. The second-order valence-electron chi connectivity index (χ2n) is 3.73. The summed E-state index contributed by atoms with van der Waals surface area (Å²) in [7, 11) is 0. The summed E-state index contributed by atoms with van der Waals surface area (Å²) in [5.74, 6) is 0. The van der Waals surface area contributed by atoms with E-state index in [4.69, 9.17) is 5.73 Å². The first-order chi connectivity index (χ1) is 5.14. The number of hydrogen-bond donors (Lipinski definition) is 2. The highest BCUT2D eigenvalue weighted by atomic mass is 15.3. The molecule has 1 heterocycles. The summed E-state index contributed by atoms with van der Waals surface area (Å²) < 4.78 is 0. The molecule has 0 bridgehead atoms. The lowest BCUT2D eigenvalue weighted by Crippen LogP contribution is -2.34. The fourth-order valence-corrected chi connectivity index (χ4v) is 1.22. The minimum absolute atomic E-state index is 0.150. The maximum Gasteiger partial charge on any atom is 0.0514 e. The average Bonchev–Trinajstić information content (AvgIpc) is 2.10. The van der Waals surface area contributed by atoms with E-state index in [0.717, 1.165) is 12.1 Å². The van der Waals surface area contributed by atoms with Gasteiger partial charge in [-0.15, -0.1) is 0 Å². The summed E-state index contributed by atoms with van der Waals surface area (Å²) in [6.45, 7) is 4.91. The minimum atomic E-state index is 0.150. The van der Waals surface area contributed by atoms with Crippen LogP contribution in [-0.4, -0.2) is 17.8 Å². The molecule has 1 rings (SSSR count). The Morgan fingerprint density at radius 3 is 3.00 bits per heavy atom. The molecule has 0 radical (unpaired) electrons. The topological polar surface area (TPSA) is 50.4 Å². The Bertz CT molecular complexity index is 161. The molecule has 0 spiro atoms. The summed E-state index contributed by atoms with van der Waals surface area (Å²) >= 11 is 0. The van der Waals surface area contributed by atoms with Crippen molar-refractivity contribution in [2.75, 3.05) is 6.54 Å². The Morgan fingerprint density at radius 2 is 2.36 bits per heavy atom. The van der Waals surface area contributed by atoms with Crippen LogP contribution < -0.4 is 11.2 Å². The molecule has 0 atom stereocenters. The average molecular weight is 155 g/mol. The fraction of sp³-hybridized carbons (Fsp3) is 0.875. The number of hydrazone groups is 1. The van der Waals surface area contributed by atoms with Crippen LogP contribution in [-0.2, 0) is 0 Å². The van der Waals surface area contributed by atoms with Crippen LogP contribution in [0.5, 0.6) is 0 Å². The molecule has 0 aromatic carbocycles. The third-order valence-corrected chi connectivity index (χ3v) is 2.02. The van der Waals surface area contributed by atoms with Gasteiger partial charge in [0.1, 0.15) is 0 Å². The van der Waals surface area contributed by atoms with Gasteiger partial charge in [0, 0.05) is 12.1 Å². The minimum Gasteiger partial charge on any atom is -0.325 e. The van der Waals surface area contributed by atoms with Gasteiger partial charge in [0.25, 0.3) is 0 Å². The van der Waals surface area contributed by atoms with Gasteiger partial charge in [-0.2, -0.15) is 5.10 Å². The van der Waals surface area contributed by atoms with Gasteiger partial charge in [-0.25, -0.2) is 0 Å². The molecule has 0 saturated heterocycles. The summed E-state index contributed by atoms with van der Waals surface area (Å²) in [4.78, 5) is 0. The maximum atomic E-state index is 5.49. The Labute approximate surface area is 68.0 Å². The first-order valence-corrected chi connectivity index (χ1v) is 4.17. The van der Waals surface area contributed by atoms with Crippen molar-refractivity contribution in [2.45, 2.75) is 38.6 Å². The zero-order valence-electron chi connectivity index (χ0n) is 7.35. The summed E-state index contributed by atoms with van der Waals surface area (Å²) in [5.41, 5.74) is 9.86. The van der Waals surface area contributed by atoms with Crippen LogP contribution in [0.4, 0.5) is 0 Å². The van der Waals surface area contributed by atoms with Gasteiger partial charge < -0.3 is 11.2 Å². The molecule has 11 heavy (non-hydrogen) atoms. The molecule has 0 aromatic heterocycles. The van der Waals surface area contributed by atoms with Crippen LogP contribution in [0.25, 0.3) is 0 Å². The molecule has 3 nitrogen and oxygen atoms in total. The Hall–Kier alpha value is -0.570. The first-order valence-electron chi connectivity index (χ1n) is 4.17. The van der Waals surface area contributed by atoms with Gasteiger partial charge in [0.05, 0.1) is 5.71 Å².